The molecule has 45 heavy (non-hydrogen) atoms. The lowest BCUT2D eigenvalue weighted by Gasteiger charge is -2.20. The van der Waals surface area contributed by atoms with Crippen molar-refractivity contribution < 1.29 is 4.42 Å². The third-order valence-corrected chi connectivity index (χ3v) is 8.89. The Kier molecular flexibility index (Phi) is 7.75. The molecule has 0 aliphatic carbocycles. The van der Waals surface area contributed by atoms with Crippen LogP contribution < -0.4 is 4.90 Å². The van der Waals surface area contributed by atoms with Crippen LogP contribution in [0.1, 0.15) is 31.7 Å². The Labute approximate surface area is 265 Å². The van der Waals surface area contributed by atoms with E-state index in [0.717, 1.165) is 40.0 Å². The smallest absolute Gasteiger partial charge is 0.227 e. The lowest BCUT2D eigenvalue weighted by atomic mass is 9.89. The number of benzene rings is 6. The molecule has 220 valence electrons. The number of oxazole rings is 1. The van der Waals surface area contributed by atoms with E-state index in [0.29, 0.717) is 11.8 Å². The van der Waals surface area contributed by atoms with Gasteiger partial charge in [-0.2, -0.15) is 0 Å². The molecule has 1 aromatic heterocycles. The molecule has 1 atom stereocenters. The maximum atomic E-state index is 6.16. The zero-order valence-electron chi connectivity index (χ0n) is 25.9. The lowest BCUT2D eigenvalue weighted by molar-refractivity contribution is 0.619. The highest BCUT2D eigenvalue weighted by Gasteiger charge is 2.15. The van der Waals surface area contributed by atoms with Crippen LogP contribution in [0.4, 0.5) is 11.4 Å². The molecule has 0 saturated carbocycles. The second-order valence-electron chi connectivity index (χ2n) is 11.7. The average Bonchev–Trinajstić information content (AvgIpc) is 3.55. The van der Waals surface area contributed by atoms with Crippen LogP contribution in [0, 0.1) is 0 Å². The molecule has 6 aromatic carbocycles. The molecule has 7 rings (SSSR count). The molecule has 0 saturated heterocycles. The third kappa shape index (κ3) is 5.65. The van der Waals surface area contributed by atoms with Gasteiger partial charge in [-0.15, -0.1) is 0 Å². The largest absolute Gasteiger partial charge is 0.436 e. The van der Waals surface area contributed by atoms with E-state index < -0.39 is 0 Å². The van der Waals surface area contributed by atoms with Gasteiger partial charge in [-0.1, -0.05) is 111 Å². The summed E-state index contributed by atoms with van der Waals surface area (Å²) in [5.74, 6) is 1.15. The fourth-order valence-corrected chi connectivity index (χ4v) is 6.01. The van der Waals surface area contributed by atoms with Crippen molar-refractivity contribution in [3.63, 3.8) is 0 Å². The summed E-state index contributed by atoms with van der Waals surface area (Å²) in [6.07, 6.45) is 1.10. The predicted octanol–water partition coefficient (Wildman–Crippen LogP) is 11.8. The SMILES string of the molecule is CCC(C)c1ccc2oc(-c3ccc(-c4ccccc4-c4ccccc4-c4ccc(N(C)c5ccccc5)cc4)cc3)nc2c1. The number of hydrogen-bond donors (Lipinski definition) is 0. The highest BCUT2D eigenvalue weighted by molar-refractivity contribution is 5.92. The maximum absolute atomic E-state index is 6.16. The van der Waals surface area contributed by atoms with Crippen molar-refractivity contribution in [2.45, 2.75) is 26.2 Å². The standard InChI is InChI=1S/C42H36N2O/c1-4-29(2)33-24-27-41-40(28-33)43-42(45-41)32-20-18-30(19-21-32)36-14-8-10-16-38(36)39-17-11-9-15-37(39)31-22-25-35(26-23-31)44(3)34-12-6-5-7-13-34/h5-29H,4H2,1-3H3. The van der Waals surface area contributed by atoms with Gasteiger partial charge in [0.25, 0.3) is 0 Å². The zero-order valence-corrected chi connectivity index (χ0v) is 25.9. The minimum atomic E-state index is 0.500. The van der Waals surface area contributed by atoms with Crippen LogP contribution in [-0.4, -0.2) is 12.0 Å². The van der Waals surface area contributed by atoms with Gasteiger partial charge < -0.3 is 9.32 Å². The summed E-state index contributed by atoms with van der Waals surface area (Å²) < 4.78 is 6.16. The van der Waals surface area contributed by atoms with Crippen molar-refractivity contribution in [2.24, 2.45) is 0 Å². The number of rotatable bonds is 8. The number of aromatic nitrogens is 1. The van der Waals surface area contributed by atoms with Crippen LogP contribution in [0.5, 0.6) is 0 Å². The van der Waals surface area contributed by atoms with Gasteiger partial charge in [0, 0.05) is 24.0 Å². The number of para-hydroxylation sites is 1. The average molecular weight is 585 g/mol. The Morgan fingerprint density at radius 3 is 1.69 bits per heavy atom. The van der Waals surface area contributed by atoms with Crippen LogP contribution in [0.15, 0.2) is 150 Å². The van der Waals surface area contributed by atoms with E-state index in [2.05, 4.69) is 159 Å². The van der Waals surface area contributed by atoms with Gasteiger partial charge >= 0.3 is 0 Å². The first kappa shape index (κ1) is 28.4. The normalized spacial score (nSPS) is 11.9. The molecular weight excluding hydrogens is 548 g/mol. The van der Waals surface area contributed by atoms with E-state index in [1.807, 2.05) is 12.1 Å². The van der Waals surface area contributed by atoms with Gasteiger partial charge in [0.05, 0.1) is 0 Å². The Bertz CT molecular complexity index is 2060. The van der Waals surface area contributed by atoms with Gasteiger partial charge in [0.15, 0.2) is 5.58 Å². The predicted molar refractivity (Wildman–Crippen MR) is 189 cm³/mol. The highest BCUT2D eigenvalue weighted by atomic mass is 16.3. The summed E-state index contributed by atoms with van der Waals surface area (Å²) in [7, 11) is 2.10. The first-order valence-electron chi connectivity index (χ1n) is 15.7. The summed E-state index contributed by atoms with van der Waals surface area (Å²) in [5.41, 5.74) is 13.5. The minimum absolute atomic E-state index is 0.500. The molecule has 0 aliphatic rings. The molecule has 1 unspecified atom stereocenters. The van der Waals surface area contributed by atoms with Crippen molar-refractivity contribution in [1.29, 1.82) is 0 Å². The number of fused-ring (bicyclic) bond motifs is 1. The van der Waals surface area contributed by atoms with E-state index in [1.165, 1.54) is 33.4 Å². The topological polar surface area (TPSA) is 29.3 Å². The van der Waals surface area contributed by atoms with Gasteiger partial charge in [-0.05, 0) is 99.8 Å². The third-order valence-electron chi connectivity index (χ3n) is 8.89. The quantitative estimate of drug-likeness (QED) is 0.178. The summed E-state index contributed by atoms with van der Waals surface area (Å²) in [6, 6.07) is 51.5. The molecule has 0 spiro atoms. The van der Waals surface area contributed by atoms with Crippen molar-refractivity contribution in [1.82, 2.24) is 4.98 Å². The van der Waals surface area contributed by atoms with Gasteiger partial charge in [0.2, 0.25) is 5.89 Å². The van der Waals surface area contributed by atoms with Crippen LogP contribution in [0.2, 0.25) is 0 Å². The summed E-state index contributed by atoms with van der Waals surface area (Å²) in [6.45, 7) is 4.46. The van der Waals surface area contributed by atoms with Crippen LogP contribution in [0.25, 0.3) is 55.9 Å². The lowest BCUT2D eigenvalue weighted by Crippen LogP contribution is -2.08. The second kappa shape index (κ2) is 12.3. The Morgan fingerprint density at radius 2 is 1.09 bits per heavy atom. The molecular formula is C42H36N2O. The molecule has 1 heterocycles. The van der Waals surface area contributed by atoms with E-state index in [9.17, 15) is 0 Å². The molecule has 0 amide bonds. The molecule has 0 bridgehead atoms. The van der Waals surface area contributed by atoms with Gasteiger partial charge in [-0.3, -0.25) is 0 Å². The van der Waals surface area contributed by atoms with Crippen molar-refractivity contribution >= 4 is 22.5 Å². The fraction of sp³-hybridized carbons (Fsp3) is 0.119. The molecule has 0 radical (unpaired) electrons. The monoisotopic (exact) mass is 584 g/mol. The number of nitrogens with zero attached hydrogens (tertiary/aromatic N) is 2. The molecule has 0 fully saturated rings. The summed E-state index contributed by atoms with van der Waals surface area (Å²) in [4.78, 5) is 7.05. The van der Waals surface area contributed by atoms with Gasteiger partial charge in [0.1, 0.15) is 5.52 Å². The summed E-state index contributed by atoms with van der Waals surface area (Å²) >= 11 is 0. The molecule has 3 heteroatoms. The van der Waals surface area contributed by atoms with Crippen molar-refractivity contribution in [2.75, 3.05) is 11.9 Å². The molecule has 0 N–H and O–H groups in total. The zero-order chi connectivity index (χ0) is 30.8. The van der Waals surface area contributed by atoms with Crippen LogP contribution >= 0.6 is 0 Å². The maximum Gasteiger partial charge on any atom is 0.227 e. The van der Waals surface area contributed by atoms with Gasteiger partial charge in [-0.25, -0.2) is 4.98 Å². The Balaban J connectivity index is 1.19. The Hall–Kier alpha value is -5.41. The summed E-state index contributed by atoms with van der Waals surface area (Å²) in [5, 5.41) is 0. The van der Waals surface area contributed by atoms with Crippen LogP contribution in [0.3, 0.4) is 0 Å². The molecule has 7 aromatic rings. The number of anilines is 2. The van der Waals surface area contributed by atoms with E-state index in [1.54, 1.807) is 0 Å². The second-order valence-corrected chi connectivity index (χ2v) is 11.7. The van der Waals surface area contributed by atoms with Crippen LogP contribution in [-0.2, 0) is 0 Å². The highest BCUT2D eigenvalue weighted by Crippen LogP contribution is 2.39. The van der Waals surface area contributed by atoms with E-state index in [4.69, 9.17) is 9.40 Å². The molecule has 3 nitrogen and oxygen atoms in total. The minimum Gasteiger partial charge on any atom is -0.436 e. The van der Waals surface area contributed by atoms with Crippen molar-refractivity contribution in [3.8, 4) is 44.8 Å². The van der Waals surface area contributed by atoms with E-state index in [-0.39, 0.29) is 0 Å². The first-order chi connectivity index (χ1) is 22.1. The number of hydrogen-bond acceptors (Lipinski definition) is 3. The van der Waals surface area contributed by atoms with Crippen molar-refractivity contribution in [3.05, 3.63) is 151 Å². The Morgan fingerprint density at radius 1 is 0.578 bits per heavy atom. The van der Waals surface area contributed by atoms with E-state index >= 15 is 0 Å². The molecule has 0 aliphatic heterocycles. The first-order valence-corrected chi connectivity index (χ1v) is 15.7. The fourth-order valence-electron chi connectivity index (χ4n) is 6.01.